The van der Waals surface area contributed by atoms with Crippen LogP contribution >= 0.6 is 0 Å². The topological polar surface area (TPSA) is 68.0 Å². The van der Waals surface area contributed by atoms with E-state index < -0.39 is 0 Å². The molecule has 2 fully saturated rings. The molecule has 0 atom stereocenters. The Morgan fingerprint density at radius 3 is 2.59 bits per heavy atom. The van der Waals surface area contributed by atoms with E-state index in [0.717, 1.165) is 42.9 Å². The number of hydrogen-bond donors (Lipinski definition) is 1. The number of morpholine rings is 1. The number of rotatable bonds is 4. The Morgan fingerprint density at radius 1 is 1.14 bits per heavy atom. The van der Waals surface area contributed by atoms with Crippen LogP contribution in [-0.4, -0.2) is 55.8 Å². The first-order chi connectivity index (χ1) is 14.1. The van der Waals surface area contributed by atoms with Crippen molar-refractivity contribution in [2.24, 2.45) is 0 Å². The molecule has 2 aliphatic heterocycles. The first-order valence-corrected chi connectivity index (χ1v) is 10.4. The van der Waals surface area contributed by atoms with Gasteiger partial charge in [-0.25, -0.2) is 0 Å². The molecule has 2 aliphatic rings. The molecule has 1 spiro atoms. The van der Waals surface area contributed by atoms with E-state index in [2.05, 4.69) is 11.0 Å². The number of nitrogens with zero attached hydrogens (tertiary/aromatic N) is 2. The molecule has 0 radical (unpaired) electrons. The van der Waals surface area contributed by atoms with E-state index >= 15 is 0 Å². The van der Waals surface area contributed by atoms with Gasteiger partial charge in [0.05, 0.1) is 31.0 Å². The van der Waals surface area contributed by atoms with Gasteiger partial charge in [-0.3, -0.25) is 4.79 Å². The molecule has 0 saturated carbocycles. The summed E-state index contributed by atoms with van der Waals surface area (Å²) < 4.78 is 11.8. The summed E-state index contributed by atoms with van der Waals surface area (Å²) in [7, 11) is 0. The Hall–Kier alpha value is -2.73. The van der Waals surface area contributed by atoms with Crippen molar-refractivity contribution < 1.29 is 14.3 Å². The van der Waals surface area contributed by atoms with Crippen LogP contribution in [0.4, 0.5) is 11.4 Å². The van der Waals surface area contributed by atoms with E-state index in [1.54, 1.807) is 0 Å². The summed E-state index contributed by atoms with van der Waals surface area (Å²) in [6.45, 7) is 6.20. The third-order valence-electron chi connectivity index (χ3n) is 5.89. The highest BCUT2D eigenvalue weighted by atomic mass is 16.5. The lowest BCUT2D eigenvalue weighted by Gasteiger charge is -2.47. The van der Waals surface area contributed by atoms with Gasteiger partial charge >= 0.3 is 0 Å². The largest absolute Gasteiger partial charge is 0.492 e. The van der Waals surface area contributed by atoms with Gasteiger partial charge in [0.1, 0.15) is 5.75 Å². The molecule has 0 bridgehead atoms. The van der Waals surface area contributed by atoms with Crippen LogP contribution in [-0.2, 0) is 4.74 Å². The van der Waals surface area contributed by atoms with Crippen LogP contribution in [0.15, 0.2) is 48.5 Å². The van der Waals surface area contributed by atoms with Gasteiger partial charge in [-0.1, -0.05) is 18.2 Å². The molecule has 6 nitrogen and oxygen atoms in total. The molecular formula is C23H29N3O3. The molecule has 2 aromatic rings. The number of ether oxygens (including phenoxy) is 2. The van der Waals surface area contributed by atoms with Crippen LogP contribution in [0.25, 0.3) is 0 Å². The molecule has 0 aromatic heterocycles. The average molecular weight is 396 g/mol. The molecule has 4 rings (SSSR count). The fourth-order valence-corrected chi connectivity index (χ4v) is 4.28. The van der Waals surface area contributed by atoms with E-state index in [0.29, 0.717) is 32.0 Å². The molecule has 29 heavy (non-hydrogen) atoms. The molecule has 6 heteroatoms. The number of nitrogens with two attached hydrogens (primary N) is 1. The first kappa shape index (κ1) is 19.6. The van der Waals surface area contributed by atoms with E-state index in [1.165, 1.54) is 0 Å². The lowest BCUT2D eigenvalue weighted by molar-refractivity contribution is -0.111. The van der Waals surface area contributed by atoms with Gasteiger partial charge in [0.2, 0.25) is 0 Å². The lowest BCUT2D eigenvalue weighted by Crippen LogP contribution is -2.58. The number of piperidine rings is 1. The van der Waals surface area contributed by atoms with Crippen molar-refractivity contribution in [2.45, 2.75) is 25.4 Å². The van der Waals surface area contributed by atoms with Crippen LogP contribution in [0.1, 0.15) is 30.1 Å². The zero-order chi connectivity index (χ0) is 20.3. The van der Waals surface area contributed by atoms with Gasteiger partial charge in [0.15, 0.2) is 0 Å². The molecule has 2 N–H and O–H groups in total. The number of carbonyl (C=O) groups excluding carboxylic acids is 1. The molecule has 2 aromatic carbocycles. The Bertz CT molecular complexity index is 848. The predicted octanol–water partition coefficient (Wildman–Crippen LogP) is 3.18. The quantitative estimate of drug-likeness (QED) is 0.806. The SMILES string of the molecule is CCOc1ccc(N2CCC3(CC2)CN(C(=O)c2ccccc2)CCO3)cc1N. The summed E-state index contributed by atoms with van der Waals surface area (Å²) in [4.78, 5) is 17.1. The predicted molar refractivity (Wildman–Crippen MR) is 114 cm³/mol. The zero-order valence-corrected chi connectivity index (χ0v) is 17.0. The summed E-state index contributed by atoms with van der Waals surface area (Å²) in [6.07, 6.45) is 1.78. The second-order valence-electron chi connectivity index (χ2n) is 7.77. The van der Waals surface area contributed by atoms with Gasteiger partial charge in [0.25, 0.3) is 5.91 Å². The molecule has 2 heterocycles. The molecule has 2 saturated heterocycles. The maximum absolute atomic E-state index is 12.9. The minimum absolute atomic E-state index is 0.0926. The second kappa shape index (κ2) is 8.33. The van der Waals surface area contributed by atoms with E-state index in [-0.39, 0.29) is 11.5 Å². The lowest BCUT2D eigenvalue weighted by atomic mass is 9.88. The maximum atomic E-state index is 12.9. The van der Waals surface area contributed by atoms with Crippen molar-refractivity contribution >= 4 is 17.3 Å². The van der Waals surface area contributed by atoms with Gasteiger partial charge < -0.3 is 25.0 Å². The Balaban J connectivity index is 1.40. The smallest absolute Gasteiger partial charge is 0.254 e. The third-order valence-corrected chi connectivity index (χ3v) is 5.89. The fraction of sp³-hybridized carbons (Fsp3) is 0.435. The molecule has 1 amide bonds. The van der Waals surface area contributed by atoms with Crippen molar-refractivity contribution in [3.63, 3.8) is 0 Å². The minimum Gasteiger partial charge on any atom is -0.492 e. The Morgan fingerprint density at radius 2 is 1.90 bits per heavy atom. The highest BCUT2D eigenvalue weighted by molar-refractivity contribution is 5.94. The minimum atomic E-state index is -0.254. The summed E-state index contributed by atoms with van der Waals surface area (Å²) in [5.74, 6) is 0.824. The van der Waals surface area contributed by atoms with Crippen LogP contribution in [0.3, 0.4) is 0 Å². The van der Waals surface area contributed by atoms with Gasteiger partial charge in [0, 0.05) is 30.9 Å². The number of carbonyl (C=O) groups is 1. The second-order valence-corrected chi connectivity index (χ2v) is 7.77. The van der Waals surface area contributed by atoms with Crippen molar-refractivity contribution in [2.75, 3.05) is 50.0 Å². The van der Waals surface area contributed by atoms with Crippen molar-refractivity contribution in [1.82, 2.24) is 4.90 Å². The summed E-state index contributed by atoms with van der Waals surface area (Å²) in [5, 5.41) is 0. The molecular weight excluding hydrogens is 366 g/mol. The van der Waals surface area contributed by atoms with Crippen LogP contribution in [0.2, 0.25) is 0 Å². The number of nitrogen functional groups attached to an aromatic ring is 1. The molecule has 0 unspecified atom stereocenters. The van der Waals surface area contributed by atoms with Crippen molar-refractivity contribution in [1.29, 1.82) is 0 Å². The summed E-state index contributed by atoms with van der Waals surface area (Å²) >= 11 is 0. The van der Waals surface area contributed by atoms with E-state index in [4.69, 9.17) is 15.2 Å². The maximum Gasteiger partial charge on any atom is 0.254 e. The van der Waals surface area contributed by atoms with Crippen LogP contribution in [0.5, 0.6) is 5.75 Å². The monoisotopic (exact) mass is 395 g/mol. The third kappa shape index (κ3) is 4.17. The Labute approximate surface area is 172 Å². The number of anilines is 2. The van der Waals surface area contributed by atoms with Gasteiger partial charge in [-0.2, -0.15) is 0 Å². The zero-order valence-electron chi connectivity index (χ0n) is 17.0. The van der Waals surface area contributed by atoms with Gasteiger partial charge in [-0.15, -0.1) is 0 Å². The van der Waals surface area contributed by atoms with E-state index in [1.807, 2.05) is 54.3 Å². The van der Waals surface area contributed by atoms with Crippen LogP contribution < -0.4 is 15.4 Å². The van der Waals surface area contributed by atoms with Crippen LogP contribution in [0, 0.1) is 0 Å². The number of benzene rings is 2. The van der Waals surface area contributed by atoms with Gasteiger partial charge in [-0.05, 0) is 50.1 Å². The van der Waals surface area contributed by atoms with E-state index in [9.17, 15) is 4.79 Å². The number of amides is 1. The highest BCUT2D eigenvalue weighted by Gasteiger charge is 2.41. The summed E-state index contributed by atoms with van der Waals surface area (Å²) in [6, 6.07) is 15.5. The van der Waals surface area contributed by atoms with Crippen molar-refractivity contribution in [3.8, 4) is 5.75 Å². The highest BCUT2D eigenvalue weighted by Crippen LogP contribution is 2.34. The Kier molecular flexibility index (Phi) is 5.62. The molecule has 154 valence electrons. The summed E-state index contributed by atoms with van der Waals surface area (Å²) in [5.41, 5.74) is 8.40. The normalized spacial score (nSPS) is 18.7. The average Bonchev–Trinajstić information content (AvgIpc) is 2.76. The molecule has 0 aliphatic carbocycles. The number of hydrogen-bond acceptors (Lipinski definition) is 5. The first-order valence-electron chi connectivity index (χ1n) is 10.4. The standard InChI is InChI=1S/C23H29N3O3/c1-2-28-21-9-8-19(16-20(21)24)25-12-10-23(11-13-25)17-26(14-15-29-23)22(27)18-6-4-3-5-7-18/h3-9,16H,2,10-15,17,24H2,1H3. The van der Waals surface area contributed by atoms with Crippen molar-refractivity contribution in [3.05, 3.63) is 54.1 Å². The fourth-order valence-electron chi connectivity index (χ4n) is 4.28.